The zero-order chi connectivity index (χ0) is 9.30. The molecule has 0 saturated heterocycles. The quantitative estimate of drug-likeness (QED) is 0.777. The lowest BCUT2D eigenvalue weighted by Gasteiger charge is -2.10. The predicted molar refractivity (Wildman–Crippen MR) is 53.2 cm³/mol. The van der Waals surface area contributed by atoms with Crippen molar-refractivity contribution in [3.05, 3.63) is 27.2 Å². The summed E-state index contributed by atoms with van der Waals surface area (Å²) >= 11 is 3.30. The van der Waals surface area contributed by atoms with E-state index < -0.39 is 0 Å². The van der Waals surface area contributed by atoms with Gasteiger partial charge >= 0.3 is 0 Å². The molecule has 0 heterocycles. The second-order valence-electron chi connectivity index (χ2n) is 2.83. The Kier molecular flexibility index (Phi) is 2.75. The summed E-state index contributed by atoms with van der Waals surface area (Å²) in [6.45, 7) is 4.40. The van der Waals surface area contributed by atoms with Crippen molar-refractivity contribution in [2.24, 2.45) is 5.73 Å². The van der Waals surface area contributed by atoms with E-state index in [2.05, 4.69) is 15.9 Å². The van der Waals surface area contributed by atoms with E-state index in [1.165, 1.54) is 0 Å². The van der Waals surface area contributed by atoms with Crippen LogP contribution in [0.3, 0.4) is 0 Å². The minimum atomic E-state index is 0.280. The van der Waals surface area contributed by atoms with E-state index in [4.69, 9.17) is 5.73 Å². The fourth-order valence-corrected chi connectivity index (χ4v) is 1.64. The molecule has 0 aliphatic rings. The first-order valence-corrected chi connectivity index (χ1v) is 4.54. The van der Waals surface area contributed by atoms with Crippen LogP contribution in [-0.2, 0) is 6.54 Å². The fourth-order valence-electron chi connectivity index (χ4n) is 1.29. The van der Waals surface area contributed by atoms with Gasteiger partial charge in [-0.25, -0.2) is 0 Å². The highest BCUT2D eigenvalue weighted by Gasteiger charge is 2.08. The zero-order valence-electron chi connectivity index (χ0n) is 7.19. The third kappa shape index (κ3) is 1.47. The smallest absolute Gasteiger partial charge is 0.130 e. The molecular formula is C9H12BrNO. The van der Waals surface area contributed by atoms with Crippen molar-refractivity contribution in [2.75, 3.05) is 0 Å². The van der Waals surface area contributed by atoms with Crippen LogP contribution in [-0.4, -0.2) is 5.11 Å². The summed E-state index contributed by atoms with van der Waals surface area (Å²) in [5.41, 5.74) is 8.73. The molecule has 3 heteroatoms. The summed E-state index contributed by atoms with van der Waals surface area (Å²) in [7, 11) is 0. The molecule has 2 nitrogen and oxygen atoms in total. The molecule has 0 spiro atoms. The predicted octanol–water partition coefficient (Wildman–Crippen LogP) is 2.23. The van der Waals surface area contributed by atoms with Gasteiger partial charge in [0.1, 0.15) is 5.75 Å². The number of phenolic OH excluding ortho intramolecular Hbond substituents is 1. The molecule has 12 heavy (non-hydrogen) atoms. The molecule has 1 aromatic carbocycles. The lowest BCUT2D eigenvalue weighted by atomic mass is 10.0. The van der Waals surface area contributed by atoms with Gasteiger partial charge in [0.05, 0.1) is 4.47 Å². The lowest BCUT2D eigenvalue weighted by molar-refractivity contribution is 0.470. The molecule has 1 rings (SSSR count). The molecule has 1 aromatic rings. The van der Waals surface area contributed by atoms with Gasteiger partial charge in [-0.05, 0) is 52.5 Å². The third-order valence-corrected chi connectivity index (χ3v) is 3.04. The van der Waals surface area contributed by atoms with Crippen LogP contribution in [0.25, 0.3) is 0 Å². The third-order valence-electron chi connectivity index (χ3n) is 2.04. The average Bonchev–Trinajstić information content (AvgIpc) is 2.01. The average molecular weight is 230 g/mol. The largest absolute Gasteiger partial charge is 0.507 e. The maximum Gasteiger partial charge on any atom is 0.130 e. The number of aryl methyl sites for hydroxylation is 1. The molecule has 0 atom stereocenters. The van der Waals surface area contributed by atoms with Crippen molar-refractivity contribution >= 4 is 15.9 Å². The van der Waals surface area contributed by atoms with E-state index in [1.807, 2.05) is 13.8 Å². The maximum atomic E-state index is 9.41. The second kappa shape index (κ2) is 3.46. The Bertz CT molecular complexity index is 310. The number of hydrogen-bond acceptors (Lipinski definition) is 2. The topological polar surface area (TPSA) is 46.2 Å². The van der Waals surface area contributed by atoms with Crippen molar-refractivity contribution in [3.63, 3.8) is 0 Å². The Morgan fingerprint density at radius 3 is 2.58 bits per heavy atom. The lowest BCUT2D eigenvalue weighted by Crippen LogP contribution is -2.02. The summed E-state index contributed by atoms with van der Waals surface area (Å²) in [5, 5.41) is 9.41. The van der Waals surface area contributed by atoms with Gasteiger partial charge in [-0.1, -0.05) is 0 Å². The van der Waals surface area contributed by atoms with Crippen LogP contribution < -0.4 is 5.73 Å². The Labute approximate surface area is 80.5 Å². The van der Waals surface area contributed by atoms with Gasteiger partial charge in [-0.2, -0.15) is 0 Å². The van der Waals surface area contributed by atoms with Gasteiger partial charge in [0.15, 0.2) is 0 Å². The molecular weight excluding hydrogens is 218 g/mol. The summed E-state index contributed by atoms with van der Waals surface area (Å²) in [6.07, 6.45) is 0. The SMILES string of the molecule is Cc1cc(O)c(Br)c(C)c1CN. The van der Waals surface area contributed by atoms with E-state index in [1.54, 1.807) is 6.07 Å². The van der Waals surface area contributed by atoms with Crippen LogP contribution >= 0.6 is 15.9 Å². The number of phenols is 1. The summed E-state index contributed by atoms with van der Waals surface area (Å²) in [5.74, 6) is 0.280. The number of benzene rings is 1. The Hall–Kier alpha value is -0.540. The molecule has 66 valence electrons. The van der Waals surface area contributed by atoms with Gasteiger partial charge in [-0.15, -0.1) is 0 Å². The highest BCUT2D eigenvalue weighted by Crippen LogP contribution is 2.31. The number of halogens is 1. The van der Waals surface area contributed by atoms with E-state index in [-0.39, 0.29) is 5.75 Å². The number of aromatic hydroxyl groups is 1. The van der Waals surface area contributed by atoms with Gasteiger partial charge in [0, 0.05) is 6.54 Å². The van der Waals surface area contributed by atoms with Crippen LogP contribution in [0.2, 0.25) is 0 Å². The van der Waals surface area contributed by atoms with Crippen LogP contribution in [0.4, 0.5) is 0 Å². The van der Waals surface area contributed by atoms with E-state index in [9.17, 15) is 5.11 Å². The summed E-state index contributed by atoms with van der Waals surface area (Å²) < 4.78 is 0.744. The molecule has 3 N–H and O–H groups in total. The molecule has 0 aromatic heterocycles. The highest BCUT2D eigenvalue weighted by atomic mass is 79.9. The fraction of sp³-hybridized carbons (Fsp3) is 0.333. The normalized spacial score (nSPS) is 10.3. The van der Waals surface area contributed by atoms with Gasteiger partial charge in [0.2, 0.25) is 0 Å². The minimum absolute atomic E-state index is 0.280. The second-order valence-corrected chi connectivity index (χ2v) is 3.63. The van der Waals surface area contributed by atoms with Gasteiger partial charge in [-0.3, -0.25) is 0 Å². The maximum absolute atomic E-state index is 9.41. The molecule has 0 bridgehead atoms. The zero-order valence-corrected chi connectivity index (χ0v) is 8.77. The van der Waals surface area contributed by atoms with Crippen molar-refractivity contribution in [1.29, 1.82) is 0 Å². The molecule has 0 fully saturated rings. The van der Waals surface area contributed by atoms with Crippen molar-refractivity contribution in [3.8, 4) is 5.75 Å². The first-order chi connectivity index (χ1) is 5.57. The monoisotopic (exact) mass is 229 g/mol. The summed E-state index contributed by atoms with van der Waals surface area (Å²) in [6, 6.07) is 1.72. The number of nitrogens with two attached hydrogens (primary N) is 1. The van der Waals surface area contributed by atoms with E-state index in [0.717, 1.165) is 21.2 Å². The molecule has 0 amide bonds. The van der Waals surface area contributed by atoms with Crippen molar-refractivity contribution in [1.82, 2.24) is 0 Å². The van der Waals surface area contributed by atoms with Gasteiger partial charge in [0.25, 0.3) is 0 Å². The van der Waals surface area contributed by atoms with Crippen LogP contribution in [0.15, 0.2) is 10.5 Å². The van der Waals surface area contributed by atoms with Crippen LogP contribution in [0.1, 0.15) is 16.7 Å². The van der Waals surface area contributed by atoms with E-state index >= 15 is 0 Å². The molecule has 0 unspecified atom stereocenters. The number of rotatable bonds is 1. The van der Waals surface area contributed by atoms with E-state index in [0.29, 0.717) is 6.54 Å². The molecule has 0 saturated carbocycles. The van der Waals surface area contributed by atoms with Crippen LogP contribution in [0, 0.1) is 13.8 Å². The Balaban J connectivity index is 3.40. The molecule has 0 aliphatic carbocycles. The first kappa shape index (κ1) is 9.55. The number of hydrogen-bond donors (Lipinski definition) is 2. The summed E-state index contributed by atoms with van der Waals surface area (Å²) in [4.78, 5) is 0. The highest BCUT2D eigenvalue weighted by molar-refractivity contribution is 9.10. The first-order valence-electron chi connectivity index (χ1n) is 3.75. The Morgan fingerprint density at radius 2 is 2.08 bits per heavy atom. The van der Waals surface area contributed by atoms with Crippen molar-refractivity contribution < 1.29 is 5.11 Å². The van der Waals surface area contributed by atoms with Crippen LogP contribution in [0.5, 0.6) is 5.75 Å². The van der Waals surface area contributed by atoms with Gasteiger partial charge < -0.3 is 10.8 Å². The molecule has 0 radical (unpaired) electrons. The molecule has 0 aliphatic heterocycles. The van der Waals surface area contributed by atoms with Crippen molar-refractivity contribution in [2.45, 2.75) is 20.4 Å². The minimum Gasteiger partial charge on any atom is -0.507 e. The Morgan fingerprint density at radius 1 is 1.50 bits per heavy atom. The standard InChI is InChI=1S/C9H12BrNO/c1-5-3-8(12)9(10)6(2)7(5)4-11/h3,12H,4,11H2,1-2H3.